The van der Waals surface area contributed by atoms with Crippen molar-refractivity contribution < 1.29 is 9.90 Å². The Morgan fingerprint density at radius 2 is 2.22 bits per heavy atom. The highest BCUT2D eigenvalue weighted by atomic mass is 16.4. The van der Waals surface area contributed by atoms with E-state index >= 15 is 0 Å². The summed E-state index contributed by atoms with van der Waals surface area (Å²) in [5.74, 6) is -0.779. The maximum atomic E-state index is 9.82. The number of allylic oxidation sites excluding steroid dienone is 1. The predicted molar refractivity (Wildman–Crippen MR) is 34.3 cm³/mol. The molecular formula is C7H11O2. The van der Waals surface area contributed by atoms with Crippen molar-refractivity contribution in [2.45, 2.75) is 20.3 Å². The Balaban J connectivity index is 3.56. The van der Waals surface area contributed by atoms with E-state index in [1.807, 2.05) is 13.8 Å². The van der Waals surface area contributed by atoms with Gasteiger partial charge in [0.2, 0.25) is 0 Å². The minimum Gasteiger partial charge on any atom is -0.242 e. The van der Waals surface area contributed by atoms with Crippen LogP contribution in [0.1, 0.15) is 20.3 Å². The largest absolute Gasteiger partial charge is 0.378 e. The molecule has 0 amide bonds. The summed E-state index contributed by atoms with van der Waals surface area (Å²) < 4.78 is 0. The molecule has 0 saturated heterocycles. The van der Waals surface area contributed by atoms with Crippen molar-refractivity contribution in [1.29, 1.82) is 0 Å². The first kappa shape index (κ1) is 8.21. The first-order valence-corrected chi connectivity index (χ1v) is 3.06. The average Bonchev–Trinajstić information content (AvgIpc) is 1.83. The zero-order valence-corrected chi connectivity index (χ0v) is 5.76. The zero-order chi connectivity index (χ0) is 7.28. The minimum absolute atomic E-state index is 0.336. The number of hydrogen-bond acceptors (Lipinski definition) is 1. The molecule has 1 atom stereocenters. The van der Waals surface area contributed by atoms with Crippen LogP contribution in [0.2, 0.25) is 0 Å². The summed E-state index contributed by atoms with van der Waals surface area (Å²) in [5, 5.41) is 9.82. The van der Waals surface area contributed by atoms with Gasteiger partial charge in [-0.25, -0.2) is 9.90 Å². The average molecular weight is 127 g/mol. The van der Waals surface area contributed by atoms with Crippen molar-refractivity contribution in [3.05, 3.63) is 12.2 Å². The highest BCUT2D eigenvalue weighted by Gasteiger charge is 1.93. The molecule has 0 fully saturated rings. The molecular weight excluding hydrogens is 116 g/mol. The van der Waals surface area contributed by atoms with Gasteiger partial charge in [0.25, 0.3) is 0 Å². The second-order valence-electron chi connectivity index (χ2n) is 2.06. The van der Waals surface area contributed by atoms with E-state index < -0.39 is 5.97 Å². The van der Waals surface area contributed by atoms with Gasteiger partial charge in [-0.3, -0.25) is 0 Å². The van der Waals surface area contributed by atoms with Gasteiger partial charge in [0.15, 0.2) is 0 Å². The Bertz CT molecular complexity index is 116. The van der Waals surface area contributed by atoms with Crippen LogP contribution in [0, 0.1) is 5.92 Å². The zero-order valence-electron chi connectivity index (χ0n) is 5.76. The van der Waals surface area contributed by atoms with Crippen LogP contribution in [-0.2, 0) is 9.90 Å². The quantitative estimate of drug-likeness (QED) is 0.530. The normalized spacial score (nSPS) is 14.0. The van der Waals surface area contributed by atoms with Crippen LogP contribution in [0.4, 0.5) is 0 Å². The molecule has 0 aliphatic carbocycles. The van der Waals surface area contributed by atoms with Gasteiger partial charge in [-0.2, -0.15) is 0 Å². The van der Waals surface area contributed by atoms with Gasteiger partial charge in [0, 0.05) is 6.08 Å². The molecule has 1 radical (unpaired) electrons. The van der Waals surface area contributed by atoms with Crippen molar-refractivity contribution >= 4 is 5.97 Å². The summed E-state index contributed by atoms with van der Waals surface area (Å²) in [6.07, 6.45) is 3.67. The first-order valence-electron chi connectivity index (χ1n) is 3.06. The van der Waals surface area contributed by atoms with Crippen LogP contribution < -0.4 is 0 Å². The molecule has 51 valence electrons. The van der Waals surface area contributed by atoms with Gasteiger partial charge in [-0.15, -0.1) is 0 Å². The summed E-state index contributed by atoms with van der Waals surface area (Å²) in [6, 6.07) is 0. The molecule has 0 aliphatic rings. The summed E-state index contributed by atoms with van der Waals surface area (Å²) in [7, 11) is 0. The van der Waals surface area contributed by atoms with Crippen molar-refractivity contribution in [2.75, 3.05) is 0 Å². The lowest BCUT2D eigenvalue weighted by Gasteiger charge is -1.95. The van der Waals surface area contributed by atoms with E-state index in [1.54, 1.807) is 6.08 Å². The molecule has 1 unspecified atom stereocenters. The summed E-state index contributed by atoms with van der Waals surface area (Å²) in [6.45, 7) is 3.96. The summed E-state index contributed by atoms with van der Waals surface area (Å²) in [5.41, 5.74) is 0. The third-order valence-electron chi connectivity index (χ3n) is 1.20. The van der Waals surface area contributed by atoms with Crippen LogP contribution in [0.3, 0.4) is 0 Å². The molecule has 0 saturated carbocycles. The van der Waals surface area contributed by atoms with Crippen molar-refractivity contribution in [1.82, 2.24) is 0 Å². The molecule has 0 aromatic rings. The Kier molecular flexibility index (Phi) is 3.76. The van der Waals surface area contributed by atoms with Crippen LogP contribution in [0.5, 0.6) is 0 Å². The Labute approximate surface area is 55.2 Å². The molecule has 9 heavy (non-hydrogen) atoms. The van der Waals surface area contributed by atoms with E-state index in [1.165, 1.54) is 0 Å². The molecule has 0 aliphatic heterocycles. The fraction of sp³-hybridized carbons (Fsp3) is 0.571. The number of carbonyl (C=O) groups is 1. The molecule has 0 aromatic heterocycles. The van der Waals surface area contributed by atoms with Crippen LogP contribution in [0.25, 0.3) is 0 Å². The fourth-order valence-corrected chi connectivity index (χ4v) is 0.379. The van der Waals surface area contributed by atoms with Gasteiger partial charge >= 0.3 is 5.97 Å². The predicted octanol–water partition coefficient (Wildman–Crippen LogP) is 1.55. The topological polar surface area (TPSA) is 37.0 Å². The lowest BCUT2D eigenvalue weighted by Crippen LogP contribution is -1.89. The van der Waals surface area contributed by atoms with E-state index in [2.05, 4.69) is 0 Å². The fourth-order valence-electron chi connectivity index (χ4n) is 0.379. The maximum Gasteiger partial charge on any atom is 0.378 e. The number of carbonyl (C=O) groups excluding carboxylic acids is 1. The molecule has 0 bridgehead atoms. The van der Waals surface area contributed by atoms with Gasteiger partial charge in [0.1, 0.15) is 0 Å². The van der Waals surface area contributed by atoms with Gasteiger partial charge < -0.3 is 0 Å². The molecule has 0 spiro atoms. The lowest BCUT2D eigenvalue weighted by atomic mass is 10.1. The summed E-state index contributed by atoms with van der Waals surface area (Å²) >= 11 is 0. The van der Waals surface area contributed by atoms with E-state index in [4.69, 9.17) is 0 Å². The van der Waals surface area contributed by atoms with Crippen LogP contribution in [-0.4, -0.2) is 5.97 Å². The Morgan fingerprint density at radius 3 is 2.56 bits per heavy atom. The smallest absolute Gasteiger partial charge is 0.242 e. The third-order valence-corrected chi connectivity index (χ3v) is 1.20. The summed E-state index contributed by atoms with van der Waals surface area (Å²) in [4.78, 5) is 9.82. The molecule has 0 N–H and O–H groups in total. The molecule has 2 heteroatoms. The Hall–Kier alpha value is -0.790. The van der Waals surface area contributed by atoms with Crippen molar-refractivity contribution in [3.8, 4) is 0 Å². The maximum absolute atomic E-state index is 9.82. The van der Waals surface area contributed by atoms with E-state index in [0.29, 0.717) is 5.92 Å². The highest BCUT2D eigenvalue weighted by molar-refractivity contribution is 5.79. The SMILES string of the molecule is CCC(C)C=CC([O])=O. The first-order chi connectivity index (χ1) is 4.16. The molecule has 0 aromatic carbocycles. The molecule has 0 heterocycles. The minimum atomic E-state index is -1.12. The standard InChI is InChI=1S/C7H11O2/c1-3-6(2)4-5-7(8)9/h4-6H,3H2,1-2H3. The van der Waals surface area contributed by atoms with Gasteiger partial charge in [-0.05, 0) is 5.92 Å². The highest BCUT2D eigenvalue weighted by Crippen LogP contribution is 2.00. The van der Waals surface area contributed by atoms with Crippen molar-refractivity contribution in [3.63, 3.8) is 0 Å². The second-order valence-corrected chi connectivity index (χ2v) is 2.06. The van der Waals surface area contributed by atoms with Crippen molar-refractivity contribution in [2.24, 2.45) is 5.92 Å². The van der Waals surface area contributed by atoms with Crippen LogP contribution >= 0.6 is 0 Å². The number of rotatable bonds is 3. The molecule has 0 rings (SSSR count). The second kappa shape index (κ2) is 4.13. The van der Waals surface area contributed by atoms with Crippen LogP contribution in [0.15, 0.2) is 12.2 Å². The van der Waals surface area contributed by atoms with Gasteiger partial charge in [0.05, 0.1) is 0 Å². The Morgan fingerprint density at radius 1 is 1.67 bits per heavy atom. The number of hydrogen-bond donors (Lipinski definition) is 0. The van der Waals surface area contributed by atoms with E-state index in [0.717, 1.165) is 12.5 Å². The molecule has 2 nitrogen and oxygen atoms in total. The van der Waals surface area contributed by atoms with Gasteiger partial charge in [-0.1, -0.05) is 26.3 Å². The third kappa shape index (κ3) is 5.07. The lowest BCUT2D eigenvalue weighted by molar-refractivity contribution is -0.137. The van der Waals surface area contributed by atoms with E-state index in [-0.39, 0.29) is 0 Å². The monoisotopic (exact) mass is 127 g/mol. The van der Waals surface area contributed by atoms with E-state index in [9.17, 15) is 9.90 Å².